The molecule has 2 N–H and O–H groups in total. The summed E-state index contributed by atoms with van der Waals surface area (Å²) in [6.07, 6.45) is -0.0195. The third-order valence-electron chi connectivity index (χ3n) is 5.71. The molecule has 32 heavy (non-hydrogen) atoms. The zero-order chi connectivity index (χ0) is 23.0. The average molecular weight is 433 g/mol. The van der Waals surface area contributed by atoms with Crippen LogP contribution >= 0.6 is 0 Å². The van der Waals surface area contributed by atoms with Gasteiger partial charge in [-0.2, -0.15) is 0 Å². The molecule has 1 atom stereocenters. The molecular formula is C25H23NO6. The van der Waals surface area contributed by atoms with E-state index in [1.165, 1.54) is 0 Å². The fourth-order valence-electron chi connectivity index (χ4n) is 4.01. The molecule has 1 unspecified atom stereocenters. The van der Waals surface area contributed by atoms with Gasteiger partial charge >= 0.3 is 11.6 Å². The molecule has 164 valence electrons. The Balaban J connectivity index is 1.81. The summed E-state index contributed by atoms with van der Waals surface area (Å²) in [5, 5.41) is 13.2. The van der Waals surface area contributed by atoms with Gasteiger partial charge in [-0.3, -0.25) is 4.79 Å². The summed E-state index contributed by atoms with van der Waals surface area (Å²) in [4.78, 5) is 36.2. The number of aliphatic carboxylic acids is 1. The van der Waals surface area contributed by atoms with Crippen molar-refractivity contribution in [1.82, 2.24) is 5.32 Å². The van der Waals surface area contributed by atoms with Crippen molar-refractivity contribution in [3.63, 3.8) is 0 Å². The van der Waals surface area contributed by atoms with Gasteiger partial charge < -0.3 is 19.3 Å². The Morgan fingerprint density at radius 3 is 2.38 bits per heavy atom. The number of aryl methyl sites for hydroxylation is 2. The molecule has 0 bridgehead atoms. The second kappa shape index (κ2) is 8.34. The van der Waals surface area contributed by atoms with Crippen LogP contribution in [0.2, 0.25) is 0 Å². The van der Waals surface area contributed by atoms with Crippen LogP contribution in [0, 0.1) is 13.8 Å². The third kappa shape index (κ3) is 3.77. The largest absolute Gasteiger partial charge is 0.480 e. The molecule has 0 aliphatic heterocycles. The number of hydrogen-bond donors (Lipinski definition) is 2. The summed E-state index contributed by atoms with van der Waals surface area (Å²) in [6, 6.07) is 12.5. The normalized spacial score (nSPS) is 12.2. The van der Waals surface area contributed by atoms with Crippen LogP contribution in [-0.2, 0) is 16.0 Å². The van der Waals surface area contributed by atoms with E-state index in [2.05, 4.69) is 5.32 Å². The van der Waals surface area contributed by atoms with Gasteiger partial charge in [0.15, 0.2) is 0 Å². The van der Waals surface area contributed by atoms with E-state index in [-0.39, 0.29) is 18.4 Å². The lowest BCUT2D eigenvalue weighted by atomic mass is 9.98. The SMILES string of the molecule is CCC(NC(=O)Cc1c(C)c2cc3c(-c4ccccc4)c(C)oc3cc2oc1=O)C(=O)O. The Labute approximate surface area is 183 Å². The number of hydrogen-bond acceptors (Lipinski definition) is 5. The first kappa shape index (κ1) is 21.4. The van der Waals surface area contributed by atoms with Gasteiger partial charge in [0.2, 0.25) is 5.91 Å². The Kier molecular flexibility index (Phi) is 5.57. The van der Waals surface area contributed by atoms with Crippen molar-refractivity contribution in [3.05, 3.63) is 69.8 Å². The number of fused-ring (bicyclic) bond motifs is 2. The van der Waals surface area contributed by atoms with Gasteiger partial charge in [0.25, 0.3) is 0 Å². The Bertz CT molecular complexity index is 1400. The number of amides is 1. The van der Waals surface area contributed by atoms with Crippen LogP contribution in [-0.4, -0.2) is 23.0 Å². The first-order valence-corrected chi connectivity index (χ1v) is 10.4. The Morgan fingerprint density at radius 1 is 1.03 bits per heavy atom. The molecule has 7 heteroatoms. The van der Waals surface area contributed by atoms with E-state index < -0.39 is 23.5 Å². The summed E-state index contributed by atoms with van der Waals surface area (Å²) in [5.74, 6) is -0.908. The number of carboxylic acid groups (broad SMARTS) is 1. The number of carbonyl (C=O) groups is 2. The molecule has 0 aliphatic carbocycles. The summed E-state index contributed by atoms with van der Waals surface area (Å²) < 4.78 is 11.4. The minimum atomic E-state index is -1.12. The first-order chi connectivity index (χ1) is 15.3. The zero-order valence-corrected chi connectivity index (χ0v) is 18.0. The fourth-order valence-corrected chi connectivity index (χ4v) is 4.01. The van der Waals surface area contributed by atoms with Crippen molar-refractivity contribution >= 4 is 33.8 Å². The van der Waals surface area contributed by atoms with Crippen molar-refractivity contribution in [3.8, 4) is 11.1 Å². The number of nitrogens with one attached hydrogen (secondary N) is 1. The number of carboxylic acids is 1. The van der Waals surface area contributed by atoms with Crippen LogP contribution in [0.25, 0.3) is 33.1 Å². The highest BCUT2D eigenvalue weighted by Crippen LogP contribution is 2.37. The first-order valence-electron chi connectivity index (χ1n) is 10.4. The van der Waals surface area contributed by atoms with E-state index in [1.54, 1.807) is 19.9 Å². The number of benzene rings is 2. The van der Waals surface area contributed by atoms with Crippen LogP contribution in [0.1, 0.15) is 30.2 Å². The van der Waals surface area contributed by atoms with Crippen LogP contribution in [0.4, 0.5) is 0 Å². The highest BCUT2D eigenvalue weighted by molar-refractivity contribution is 6.03. The van der Waals surface area contributed by atoms with Gasteiger partial charge in [-0.1, -0.05) is 37.3 Å². The van der Waals surface area contributed by atoms with Crippen LogP contribution < -0.4 is 10.9 Å². The second-order valence-electron chi connectivity index (χ2n) is 7.78. The van der Waals surface area contributed by atoms with Crippen LogP contribution in [0.5, 0.6) is 0 Å². The summed E-state index contributed by atoms with van der Waals surface area (Å²) in [6.45, 7) is 5.31. The zero-order valence-electron chi connectivity index (χ0n) is 18.0. The van der Waals surface area contributed by atoms with Gasteiger partial charge in [-0.15, -0.1) is 0 Å². The van der Waals surface area contributed by atoms with E-state index >= 15 is 0 Å². The number of rotatable bonds is 6. The molecule has 0 saturated heterocycles. The lowest BCUT2D eigenvalue weighted by Gasteiger charge is -2.13. The summed E-state index contributed by atoms with van der Waals surface area (Å²) >= 11 is 0. The van der Waals surface area contributed by atoms with Gasteiger partial charge in [0, 0.05) is 22.4 Å². The predicted octanol–water partition coefficient (Wildman–Crippen LogP) is 4.34. The minimum absolute atomic E-state index is 0.205. The number of furan rings is 1. The van der Waals surface area contributed by atoms with Crippen LogP contribution in [0.15, 0.2) is 56.1 Å². The highest BCUT2D eigenvalue weighted by Gasteiger charge is 2.22. The molecule has 7 nitrogen and oxygen atoms in total. The predicted molar refractivity (Wildman–Crippen MR) is 121 cm³/mol. The molecule has 0 radical (unpaired) electrons. The fraction of sp³-hybridized carbons (Fsp3) is 0.240. The van der Waals surface area contributed by atoms with E-state index in [1.807, 2.05) is 43.3 Å². The van der Waals surface area contributed by atoms with E-state index in [9.17, 15) is 14.4 Å². The molecular weight excluding hydrogens is 410 g/mol. The standard InChI is InChI=1S/C25H23NO6/c1-4-19(24(28)29)26-22(27)11-17-13(2)16-10-18-21(12-20(16)32-25(17)30)31-14(3)23(18)15-8-6-5-7-9-15/h5-10,12,19H,4,11H2,1-3H3,(H,26,27)(H,28,29). The van der Waals surface area contributed by atoms with Crippen molar-refractivity contribution in [2.75, 3.05) is 0 Å². The molecule has 0 aliphatic rings. The van der Waals surface area contributed by atoms with Crippen molar-refractivity contribution < 1.29 is 23.5 Å². The molecule has 2 aromatic heterocycles. The smallest absolute Gasteiger partial charge is 0.340 e. The Hall–Kier alpha value is -3.87. The summed E-state index contributed by atoms with van der Waals surface area (Å²) in [5.41, 5.74) is 3.14. The maximum Gasteiger partial charge on any atom is 0.340 e. The monoisotopic (exact) mass is 433 g/mol. The molecule has 1 amide bonds. The maximum atomic E-state index is 12.6. The van der Waals surface area contributed by atoms with E-state index in [0.717, 1.165) is 22.3 Å². The van der Waals surface area contributed by atoms with Crippen molar-refractivity contribution in [2.24, 2.45) is 0 Å². The highest BCUT2D eigenvalue weighted by atomic mass is 16.4. The lowest BCUT2D eigenvalue weighted by Crippen LogP contribution is -2.41. The molecule has 0 fully saturated rings. The molecule has 0 spiro atoms. The average Bonchev–Trinajstić information content (AvgIpc) is 3.08. The van der Waals surface area contributed by atoms with Gasteiger partial charge in [0.1, 0.15) is 23.0 Å². The molecule has 4 aromatic rings. The molecule has 4 rings (SSSR count). The summed E-state index contributed by atoms with van der Waals surface area (Å²) in [7, 11) is 0. The Morgan fingerprint density at radius 2 is 1.72 bits per heavy atom. The van der Waals surface area contributed by atoms with Gasteiger partial charge in [0.05, 0.1) is 12.0 Å². The topological polar surface area (TPSA) is 110 Å². The second-order valence-corrected chi connectivity index (χ2v) is 7.78. The molecule has 0 saturated carbocycles. The van der Waals surface area contributed by atoms with Crippen molar-refractivity contribution in [2.45, 2.75) is 39.7 Å². The van der Waals surface area contributed by atoms with Gasteiger partial charge in [-0.25, -0.2) is 9.59 Å². The minimum Gasteiger partial charge on any atom is -0.480 e. The quantitative estimate of drug-likeness (QED) is 0.438. The lowest BCUT2D eigenvalue weighted by molar-refractivity contribution is -0.141. The molecule has 2 aromatic carbocycles. The molecule has 2 heterocycles. The third-order valence-corrected chi connectivity index (χ3v) is 5.71. The van der Waals surface area contributed by atoms with Crippen LogP contribution in [0.3, 0.4) is 0 Å². The maximum absolute atomic E-state index is 12.6. The van der Waals surface area contributed by atoms with Crippen molar-refractivity contribution in [1.29, 1.82) is 0 Å². The van der Waals surface area contributed by atoms with Gasteiger partial charge in [-0.05, 0) is 37.5 Å². The van der Waals surface area contributed by atoms with E-state index in [4.69, 9.17) is 13.9 Å². The number of carbonyl (C=O) groups excluding carboxylic acids is 1. The van der Waals surface area contributed by atoms with E-state index in [0.29, 0.717) is 22.1 Å².